The summed E-state index contributed by atoms with van der Waals surface area (Å²) < 4.78 is 5.07. The highest BCUT2D eigenvalue weighted by molar-refractivity contribution is 5.77. The van der Waals surface area contributed by atoms with E-state index in [0.717, 1.165) is 18.6 Å². The molecule has 0 unspecified atom stereocenters. The van der Waals surface area contributed by atoms with E-state index in [1.165, 1.54) is 5.56 Å². The molecule has 0 radical (unpaired) electrons. The first-order valence-electron chi connectivity index (χ1n) is 5.53. The van der Waals surface area contributed by atoms with E-state index in [1.54, 1.807) is 7.11 Å². The average Bonchev–Trinajstić information content (AvgIpc) is 2.36. The lowest BCUT2D eigenvalue weighted by atomic mass is 10.1. The summed E-state index contributed by atoms with van der Waals surface area (Å²) in [7, 11) is 1.64. The van der Waals surface area contributed by atoms with Crippen LogP contribution in [0.3, 0.4) is 0 Å². The molecule has 1 aromatic carbocycles. The lowest BCUT2D eigenvalue weighted by Crippen LogP contribution is -2.23. The van der Waals surface area contributed by atoms with Gasteiger partial charge in [-0.3, -0.25) is 4.79 Å². The third-order valence-corrected chi connectivity index (χ3v) is 2.36. The Kier molecular flexibility index (Phi) is 5.59. The average molecular weight is 232 g/mol. The third kappa shape index (κ3) is 5.03. The molecule has 1 amide bonds. The molecule has 0 heterocycles. The Labute approximate surface area is 101 Å². The molecule has 4 nitrogen and oxygen atoms in total. The van der Waals surface area contributed by atoms with Gasteiger partial charge in [0, 0.05) is 6.54 Å². The van der Waals surface area contributed by atoms with Crippen molar-refractivity contribution in [3.05, 3.63) is 29.8 Å². The number of carbonyl (C=O) groups excluding carboxylic acids is 1. The number of aryl methyl sites for hydroxylation is 1. The van der Waals surface area contributed by atoms with Gasteiger partial charge in [-0.15, -0.1) is 0 Å². The van der Waals surface area contributed by atoms with E-state index in [-0.39, 0.29) is 12.3 Å². The second-order valence-corrected chi connectivity index (χ2v) is 3.64. The molecular formula is C13H16N2O2. The largest absolute Gasteiger partial charge is 0.497 e. The number of hydrogen-bond donors (Lipinski definition) is 1. The summed E-state index contributed by atoms with van der Waals surface area (Å²) in [6.07, 6.45) is 1.70. The predicted octanol–water partition coefficient (Wildman–Crippen LogP) is 1.66. The first-order valence-corrected chi connectivity index (χ1v) is 5.53. The summed E-state index contributed by atoms with van der Waals surface area (Å²) in [6, 6.07) is 9.67. The van der Waals surface area contributed by atoms with Crippen LogP contribution in [0.2, 0.25) is 0 Å². The Bertz CT molecular complexity index is 393. The van der Waals surface area contributed by atoms with Crippen molar-refractivity contribution >= 4 is 5.91 Å². The van der Waals surface area contributed by atoms with E-state index in [1.807, 2.05) is 30.3 Å². The van der Waals surface area contributed by atoms with Gasteiger partial charge in [0.25, 0.3) is 0 Å². The number of nitriles is 1. The third-order valence-electron chi connectivity index (χ3n) is 2.36. The maximum Gasteiger partial charge on any atom is 0.234 e. The molecule has 1 N–H and O–H groups in total. The van der Waals surface area contributed by atoms with Crippen LogP contribution in [0.1, 0.15) is 18.4 Å². The lowest BCUT2D eigenvalue weighted by Gasteiger charge is -2.04. The summed E-state index contributed by atoms with van der Waals surface area (Å²) >= 11 is 0. The van der Waals surface area contributed by atoms with Gasteiger partial charge in [0.1, 0.15) is 12.2 Å². The zero-order valence-electron chi connectivity index (χ0n) is 9.90. The molecule has 0 spiro atoms. The second kappa shape index (κ2) is 7.29. The molecular weight excluding hydrogens is 216 g/mol. The van der Waals surface area contributed by atoms with E-state index in [0.29, 0.717) is 6.54 Å². The Balaban J connectivity index is 2.22. The molecule has 0 aliphatic carbocycles. The van der Waals surface area contributed by atoms with Gasteiger partial charge in [0.15, 0.2) is 0 Å². The van der Waals surface area contributed by atoms with Gasteiger partial charge >= 0.3 is 0 Å². The first kappa shape index (κ1) is 13.0. The molecule has 0 atom stereocenters. The quantitative estimate of drug-likeness (QED) is 0.759. The minimum Gasteiger partial charge on any atom is -0.497 e. The van der Waals surface area contributed by atoms with Crippen molar-refractivity contribution in [3.8, 4) is 11.8 Å². The van der Waals surface area contributed by atoms with Crippen LogP contribution in [0.15, 0.2) is 24.3 Å². The highest BCUT2D eigenvalue weighted by Crippen LogP contribution is 2.12. The summed E-state index contributed by atoms with van der Waals surface area (Å²) in [4.78, 5) is 11.0. The summed E-state index contributed by atoms with van der Waals surface area (Å²) in [5, 5.41) is 11.0. The number of methoxy groups -OCH3 is 1. The van der Waals surface area contributed by atoms with Crippen LogP contribution < -0.4 is 10.1 Å². The van der Waals surface area contributed by atoms with Crippen molar-refractivity contribution in [1.82, 2.24) is 5.32 Å². The number of amides is 1. The smallest absolute Gasteiger partial charge is 0.234 e. The molecule has 0 aliphatic rings. The fourth-order valence-corrected chi connectivity index (χ4v) is 1.45. The first-order chi connectivity index (χ1) is 8.26. The molecule has 0 saturated carbocycles. The summed E-state index contributed by atoms with van der Waals surface area (Å²) in [6.45, 7) is 0.604. The number of rotatable bonds is 6. The van der Waals surface area contributed by atoms with E-state index >= 15 is 0 Å². The van der Waals surface area contributed by atoms with Crippen molar-refractivity contribution in [3.63, 3.8) is 0 Å². The zero-order valence-corrected chi connectivity index (χ0v) is 9.90. The van der Waals surface area contributed by atoms with Gasteiger partial charge in [-0.2, -0.15) is 5.26 Å². The Hall–Kier alpha value is -2.02. The van der Waals surface area contributed by atoms with Gasteiger partial charge in [-0.05, 0) is 30.5 Å². The molecule has 0 saturated heterocycles. The van der Waals surface area contributed by atoms with Gasteiger partial charge in [0.05, 0.1) is 13.2 Å². The van der Waals surface area contributed by atoms with Crippen LogP contribution in [0, 0.1) is 11.3 Å². The van der Waals surface area contributed by atoms with Crippen LogP contribution in [0.4, 0.5) is 0 Å². The highest BCUT2D eigenvalue weighted by atomic mass is 16.5. The number of nitrogens with one attached hydrogen (secondary N) is 1. The molecule has 0 fully saturated rings. The Morgan fingerprint density at radius 2 is 2.12 bits per heavy atom. The molecule has 4 heteroatoms. The second-order valence-electron chi connectivity index (χ2n) is 3.64. The highest BCUT2D eigenvalue weighted by Gasteiger charge is 1.99. The minimum atomic E-state index is -0.206. The fraction of sp³-hybridized carbons (Fsp3) is 0.385. The van der Waals surface area contributed by atoms with Crippen molar-refractivity contribution in [1.29, 1.82) is 5.26 Å². The van der Waals surface area contributed by atoms with Crippen LogP contribution in [0.25, 0.3) is 0 Å². The minimum absolute atomic E-state index is 0.0669. The van der Waals surface area contributed by atoms with Crippen LogP contribution >= 0.6 is 0 Å². The normalized spacial score (nSPS) is 9.41. The topological polar surface area (TPSA) is 62.1 Å². The van der Waals surface area contributed by atoms with Crippen molar-refractivity contribution in [2.75, 3.05) is 13.7 Å². The molecule has 0 aliphatic heterocycles. The van der Waals surface area contributed by atoms with Gasteiger partial charge < -0.3 is 10.1 Å². The van der Waals surface area contributed by atoms with E-state index in [9.17, 15) is 4.79 Å². The summed E-state index contributed by atoms with van der Waals surface area (Å²) in [5.74, 6) is 0.637. The van der Waals surface area contributed by atoms with Crippen LogP contribution in [0.5, 0.6) is 5.75 Å². The zero-order chi connectivity index (χ0) is 12.5. The Morgan fingerprint density at radius 1 is 1.41 bits per heavy atom. The number of carbonyl (C=O) groups is 1. The van der Waals surface area contributed by atoms with Gasteiger partial charge in [-0.25, -0.2) is 0 Å². The number of hydrogen-bond acceptors (Lipinski definition) is 3. The number of benzene rings is 1. The molecule has 0 aromatic heterocycles. The number of nitrogens with zero attached hydrogens (tertiary/aromatic N) is 1. The number of ether oxygens (including phenoxy) is 1. The monoisotopic (exact) mass is 232 g/mol. The molecule has 1 rings (SSSR count). The maximum absolute atomic E-state index is 11.0. The SMILES string of the molecule is COc1ccc(CCCNC(=O)CC#N)cc1. The molecule has 17 heavy (non-hydrogen) atoms. The van der Waals surface area contributed by atoms with E-state index in [2.05, 4.69) is 5.32 Å². The van der Waals surface area contributed by atoms with Gasteiger partial charge in [-0.1, -0.05) is 12.1 Å². The van der Waals surface area contributed by atoms with E-state index in [4.69, 9.17) is 10.00 Å². The Morgan fingerprint density at radius 3 is 2.71 bits per heavy atom. The van der Waals surface area contributed by atoms with Crippen molar-refractivity contribution in [2.45, 2.75) is 19.3 Å². The standard InChI is InChI=1S/C13H16N2O2/c1-17-12-6-4-11(5-7-12)3-2-10-15-13(16)8-9-14/h4-7H,2-3,8,10H2,1H3,(H,15,16). The summed E-state index contributed by atoms with van der Waals surface area (Å²) in [5.41, 5.74) is 1.21. The van der Waals surface area contributed by atoms with Crippen molar-refractivity contribution < 1.29 is 9.53 Å². The van der Waals surface area contributed by atoms with Crippen molar-refractivity contribution in [2.24, 2.45) is 0 Å². The molecule has 90 valence electrons. The van der Waals surface area contributed by atoms with Crippen LogP contribution in [-0.4, -0.2) is 19.6 Å². The predicted molar refractivity (Wildman–Crippen MR) is 64.6 cm³/mol. The van der Waals surface area contributed by atoms with Gasteiger partial charge in [0.2, 0.25) is 5.91 Å². The maximum atomic E-state index is 11.0. The molecule has 0 bridgehead atoms. The molecule has 1 aromatic rings. The fourth-order valence-electron chi connectivity index (χ4n) is 1.45. The van der Waals surface area contributed by atoms with Crippen LogP contribution in [-0.2, 0) is 11.2 Å². The lowest BCUT2D eigenvalue weighted by molar-refractivity contribution is -0.120. The van der Waals surface area contributed by atoms with E-state index < -0.39 is 0 Å².